The molecule has 0 aliphatic carbocycles. The molecule has 0 radical (unpaired) electrons. The van der Waals surface area contributed by atoms with Crippen LogP contribution in [0.25, 0.3) is 0 Å². The molecule has 222 valence electrons. The topological polar surface area (TPSA) is 105 Å². The van der Waals surface area contributed by atoms with Crippen LogP contribution in [0.15, 0.2) is 60.7 Å². The Kier molecular flexibility index (Phi) is 13.3. The standard InChI is InChI=1S/C32H50N4O4/c1-21(2)27(35(5)6)31(39)33-25(19-23-15-11-9-12-16-23)29(37)30(38)26(20-24-17-13-10-14-18-24)34-32(40)28(22(3)4)36(7)8/h9-18,21-22,25-30,37-38H,19-20H2,1-8H3,(H,33,39)(H,34,40)/t25-,26-,27-,28-,29+,30+/m0/s1. The molecule has 0 spiro atoms. The molecular formula is C32H50N4O4. The van der Waals surface area contributed by atoms with Crippen molar-refractivity contribution in [3.05, 3.63) is 71.8 Å². The smallest absolute Gasteiger partial charge is 0.237 e. The van der Waals surface area contributed by atoms with Gasteiger partial charge in [0, 0.05) is 0 Å². The van der Waals surface area contributed by atoms with Gasteiger partial charge in [0.15, 0.2) is 0 Å². The Labute approximate surface area is 240 Å². The van der Waals surface area contributed by atoms with Gasteiger partial charge in [-0.15, -0.1) is 0 Å². The lowest BCUT2D eigenvalue weighted by Gasteiger charge is -2.36. The molecule has 2 rings (SSSR count). The average Bonchev–Trinajstić information content (AvgIpc) is 2.87. The van der Waals surface area contributed by atoms with Crippen LogP contribution >= 0.6 is 0 Å². The molecule has 2 aromatic rings. The monoisotopic (exact) mass is 554 g/mol. The summed E-state index contributed by atoms with van der Waals surface area (Å²) < 4.78 is 0. The number of hydrogen-bond acceptors (Lipinski definition) is 6. The summed E-state index contributed by atoms with van der Waals surface area (Å²) in [6, 6.07) is 16.8. The number of nitrogens with zero attached hydrogens (tertiary/aromatic N) is 2. The van der Waals surface area contributed by atoms with E-state index in [9.17, 15) is 19.8 Å². The summed E-state index contributed by atoms with van der Waals surface area (Å²) in [4.78, 5) is 30.5. The first-order valence-corrected chi connectivity index (χ1v) is 14.2. The van der Waals surface area contributed by atoms with Crippen molar-refractivity contribution in [1.29, 1.82) is 0 Å². The van der Waals surface area contributed by atoms with Gasteiger partial charge in [-0.05, 0) is 64.0 Å². The molecule has 0 unspecified atom stereocenters. The van der Waals surface area contributed by atoms with E-state index < -0.39 is 36.4 Å². The lowest BCUT2D eigenvalue weighted by atomic mass is 9.90. The van der Waals surface area contributed by atoms with Gasteiger partial charge in [0.2, 0.25) is 11.8 Å². The molecule has 2 aromatic carbocycles. The third-order valence-corrected chi connectivity index (χ3v) is 7.34. The zero-order valence-electron chi connectivity index (χ0n) is 25.4. The Bertz CT molecular complexity index is 930. The van der Waals surface area contributed by atoms with Crippen LogP contribution in [0, 0.1) is 11.8 Å². The number of aliphatic hydroxyl groups excluding tert-OH is 2. The number of carbonyl (C=O) groups is 2. The van der Waals surface area contributed by atoms with E-state index in [2.05, 4.69) is 10.6 Å². The highest BCUT2D eigenvalue weighted by molar-refractivity contribution is 5.83. The minimum absolute atomic E-state index is 0.0403. The Hall–Kier alpha value is -2.78. The first-order valence-electron chi connectivity index (χ1n) is 14.2. The molecule has 8 heteroatoms. The largest absolute Gasteiger partial charge is 0.388 e. The highest BCUT2D eigenvalue weighted by atomic mass is 16.3. The van der Waals surface area contributed by atoms with Gasteiger partial charge in [0.1, 0.15) is 12.2 Å². The highest BCUT2D eigenvalue weighted by Crippen LogP contribution is 2.17. The molecule has 0 fully saturated rings. The van der Waals surface area contributed by atoms with E-state index in [4.69, 9.17) is 0 Å². The molecular weight excluding hydrogens is 504 g/mol. The maximum Gasteiger partial charge on any atom is 0.237 e. The van der Waals surface area contributed by atoms with Gasteiger partial charge >= 0.3 is 0 Å². The number of rotatable bonds is 15. The van der Waals surface area contributed by atoms with E-state index in [0.717, 1.165) is 11.1 Å². The van der Waals surface area contributed by atoms with Crippen molar-refractivity contribution < 1.29 is 19.8 Å². The number of carbonyl (C=O) groups excluding carboxylic acids is 2. The van der Waals surface area contributed by atoms with Crippen LogP contribution < -0.4 is 10.6 Å². The number of nitrogens with one attached hydrogen (secondary N) is 2. The lowest BCUT2D eigenvalue weighted by Crippen LogP contribution is -2.61. The first-order chi connectivity index (χ1) is 18.8. The minimum atomic E-state index is -1.34. The zero-order chi connectivity index (χ0) is 30.0. The lowest BCUT2D eigenvalue weighted by molar-refractivity contribution is -0.132. The SMILES string of the molecule is CC(C)[C@@H](C(=O)N[C@@H](Cc1ccccc1)[C@@H](O)[C@H](O)[C@H](Cc1ccccc1)NC(=O)[C@H](C(C)C)N(C)C)N(C)C. The van der Waals surface area contributed by atoms with Crippen molar-refractivity contribution in [2.24, 2.45) is 11.8 Å². The van der Waals surface area contributed by atoms with Gasteiger partial charge < -0.3 is 20.8 Å². The molecule has 2 amide bonds. The summed E-state index contributed by atoms with van der Waals surface area (Å²) in [7, 11) is 7.40. The second kappa shape index (κ2) is 15.9. The predicted octanol–water partition coefficient (Wildman–Crippen LogP) is 2.34. The van der Waals surface area contributed by atoms with Gasteiger partial charge in [-0.25, -0.2) is 0 Å². The normalized spacial score (nSPS) is 16.4. The number of likely N-dealkylation sites (N-methyl/N-ethyl adjacent to an activating group) is 2. The Morgan fingerprint density at radius 2 is 0.925 bits per heavy atom. The van der Waals surface area contributed by atoms with Crippen LogP contribution in [-0.4, -0.2) is 96.4 Å². The second-order valence-electron chi connectivity index (χ2n) is 11.9. The number of hydrogen-bond donors (Lipinski definition) is 4. The maximum absolute atomic E-state index is 13.4. The fraction of sp³-hybridized carbons (Fsp3) is 0.562. The number of aliphatic hydroxyl groups is 2. The van der Waals surface area contributed by atoms with Crippen LogP contribution in [-0.2, 0) is 22.4 Å². The highest BCUT2D eigenvalue weighted by Gasteiger charge is 2.37. The van der Waals surface area contributed by atoms with Gasteiger partial charge in [0.25, 0.3) is 0 Å². The number of amides is 2. The van der Waals surface area contributed by atoms with Gasteiger partial charge in [0.05, 0.1) is 24.2 Å². The van der Waals surface area contributed by atoms with Crippen molar-refractivity contribution in [3.8, 4) is 0 Å². The van der Waals surface area contributed by atoms with Gasteiger partial charge in [-0.2, -0.15) is 0 Å². The van der Waals surface area contributed by atoms with Crippen molar-refractivity contribution >= 4 is 11.8 Å². The molecule has 4 N–H and O–H groups in total. The molecule has 0 heterocycles. The fourth-order valence-corrected chi connectivity index (χ4v) is 5.53. The van der Waals surface area contributed by atoms with E-state index in [1.165, 1.54) is 0 Å². The van der Waals surface area contributed by atoms with E-state index in [1.807, 2.05) is 126 Å². The van der Waals surface area contributed by atoms with Crippen molar-refractivity contribution in [2.45, 2.75) is 76.9 Å². The summed E-state index contributed by atoms with van der Waals surface area (Å²) in [6.45, 7) is 7.90. The van der Waals surface area contributed by atoms with Crippen LogP contribution in [0.3, 0.4) is 0 Å². The second-order valence-corrected chi connectivity index (χ2v) is 11.9. The third-order valence-electron chi connectivity index (χ3n) is 7.34. The number of benzene rings is 2. The quantitative estimate of drug-likeness (QED) is 0.269. The van der Waals surface area contributed by atoms with Crippen LogP contribution in [0.4, 0.5) is 0 Å². The molecule has 0 aliphatic heterocycles. The average molecular weight is 555 g/mol. The van der Waals surface area contributed by atoms with Crippen LogP contribution in [0.5, 0.6) is 0 Å². The molecule has 8 nitrogen and oxygen atoms in total. The summed E-state index contributed by atoms with van der Waals surface area (Å²) >= 11 is 0. The Balaban J connectivity index is 2.41. The van der Waals surface area contributed by atoms with Gasteiger partial charge in [-0.1, -0.05) is 88.4 Å². The zero-order valence-corrected chi connectivity index (χ0v) is 25.4. The third kappa shape index (κ3) is 9.70. The molecule has 6 atom stereocenters. The van der Waals surface area contributed by atoms with Crippen molar-refractivity contribution in [1.82, 2.24) is 20.4 Å². The summed E-state index contributed by atoms with van der Waals surface area (Å²) in [5.74, 6) is -0.358. The summed E-state index contributed by atoms with van der Waals surface area (Å²) in [5.41, 5.74) is 1.84. The molecule has 0 saturated carbocycles. The summed E-state index contributed by atoms with van der Waals surface area (Å²) in [5, 5.41) is 29.3. The molecule has 40 heavy (non-hydrogen) atoms. The first kappa shape index (κ1) is 33.4. The summed E-state index contributed by atoms with van der Waals surface area (Å²) in [6.07, 6.45) is -2.04. The maximum atomic E-state index is 13.4. The van der Waals surface area contributed by atoms with E-state index in [-0.39, 0.29) is 23.7 Å². The molecule has 0 aromatic heterocycles. The minimum Gasteiger partial charge on any atom is -0.388 e. The van der Waals surface area contributed by atoms with Crippen LogP contribution in [0.1, 0.15) is 38.8 Å². The Morgan fingerprint density at radius 1 is 0.625 bits per heavy atom. The van der Waals surface area contributed by atoms with E-state index in [1.54, 1.807) is 0 Å². The fourth-order valence-electron chi connectivity index (χ4n) is 5.53. The van der Waals surface area contributed by atoms with Gasteiger partial charge in [-0.3, -0.25) is 19.4 Å². The van der Waals surface area contributed by atoms with Crippen molar-refractivity contribution in [3.63, 3.8) is 0 Å². The predicted molar refractivity (Wildman–Crippen MR) is 161 cm³/mol. The van der Waals surface area contributed by atoms with E-state index >= 15 is 0 Å². The van der Waals surface area contributed by atoms with E-state index in [0.29, 0.717) is 12.8 Å². The molecule has 0 aliphatic rings. The Morgan fingerprint density at radius 3 is 1.18 bits per heavy atom. The molecule has 0 saturated heterocycles. The van der Waals surface area contributed by atoms with Crippen LogP contribution in [0.2, 0.25) is 0 Å². The van der Waals surface area contributed by atoms with Crippen molar-refractivity contribution in [2.75, 3.05) is 28.2 Å². The molecule has 0 bridgehead atoms.